The largest absolute Gasteiger partial charge is 0.490 e. The van der Waals surface area contributed by atoms with Gasteiger partial charge in [0.05, 0.1) is 13.2 Å². The lowest BCUT2D eigenvalue weighted by Gasteiger charge is -2.34. The number of rotatable bonds is 5. The molecule has 2 aliphatic rings. The van der Waals surface area contributed by atoms with Gasteiger partial charge in [0.25, 0.3) is 5.91 Å². The summed E-state index contributed by atoms with van der Waals surface area (Å²) >= 11 is 0. The van der Waals surface area contributed by atoms with E-state index in [9.17, 15) is 14.7 Å². The van der Waals surface area contributed by atoms with Crippen LogP contribution in [-0.2, 0) is 9.53 Å². The maximum Gasteiger partial charge on any atom is 0.329 e. The molecule has 1 aliphatic heterocycles. The van der Waals surface area contributed by atoms with E-state index in [0.717, 1.165) is 32.1 Å². The van der Waals surface area contributed by atoms with Gasteiger partial charge in [0.15, 0.2) is 0 Å². The van der Waals surface area contributed by atoms with Crippen LogP contribution in [0.1, 0.15) is 55.3 Å². The molecule has 0 atom stereocenters. The standard InChI is InChI=1S/C19H25NO5/c21-17(20-19(18(22)23)10-2-1-3-11-19)14-4-6-15(7-5-14)25-16-8-12-24-13-9-16/h4-7,16H,1-3,8-13H2,(H,20,21)(H,22,23). The summed E-state index contributed by atoms with van der Waals surface area (Å²) in [5.41, 5.74) is -0.683. The van der Waals surface area contributed by atoms with Crippen LogP contribution in [0.3, 0.4) is 0 Å². The van der Waals surface area contributed by atoms with Crippen LogP contribution in [0.2, 0.25) is 0 Å². The van der Waals surface area contributed by atoms with Crippen molar-refractivity contribution in [2.45, 2.75) is 56.6 Å². The predicted octanol–water partition coefficient (Wildman–Crippen LogP) is 2.76. The molecule has 1 amide bonds. The fourth-order valence-corrected chi connectivity index (χ4v) is 3.51. The number of nitrogens with one attached hydrogen (secondary N) is 1. The topological polar surface area (TPSA) is 84.9 Å². The summed E-state index contributed by atoms with van der Waals surface area (Å²) < 4.78 is 11.2. The van der Waals surface area contributed by atoms with Crippen molar-refractivity contribution in [3.05, 3.63) is 29.8 Å². The molecule has 1 saturated carbocycles. The molecule has 1 aromatic carbocycles. The van der Waals surface area contributed by atoms with E-state index in [1.54, 1.807) is 24.3 Å². The summed E-state index contributed by atoms with van der Waals surface area (Å²) in [6.07, 6.45) is 5.51. The zero-order valence-corrected chi connectivity index (χ0v) is 14.3. The third-order valence-electron chi connectivity index (χ3n) is 5.06. The first-order chi connectivity index (χ1) is 12.1. The zero-order valence-electron chi connectivity index (χ0n) is 14.3. The van der Waals surface area contributed by atoms with Gasteiger partial charge in [0.2, 0.25) is 0 Å². The van der Waals surface area contributed by atoms with Crippen molar-refractivity contribution in [2.75, 3.05) is 13.2 Å². The smallest absolute Gasteiger partial charge is 0.329 e. The van der Waals surface area contributed by atoms with Crippen LogP contribution >= 0.6 is 0 Å². The molecule has 25 heavy (non-hydrogen) atoms. The molecule has 0 aromatic heterocycles. The number of amides is 1. The molecule has 2 N–H and O–H groups in total. The Balaban J connectivity index is 1.62. The van der Waals surface area contributed by atoms with Gasteiger partial charge in [-0.05, 0) is 37.1 Å². The van der Waals surface area contributed by atoms with Crippen molar-refractivity contribution in [3.8, 4) is 5.75 Å². The number of ether oxygens (including phenoxy) is 2. The number of carbonyl (C=O) groups is 2. The number of carbonyl (C=O) groups excluding carboxylic acids is 1. The maximum atomic E-state index is 12.5. The molecule has 1 aliphatic carbocycles. The number of carboxylic acids is 1. The molecule has 0 unspecified atom stereocenters. The van der Waals surface area contributed by atoms with Crippen molar-refractivity contribution in [3.63, 3.8) is 0 Å². The predicted molar refractivity (Wildman–Crippen MR) is 91.8 cm³/mol. The molecule has 1 saturated heterocycles. The molecule has 136 valence electrons. The van der Waals surface area contributed by atoms with Gasteiger partial charge >= 0.3 is 5.97 Å². The van der Waals surface area contributed by atoms with Crippen LogP contribution in [0.4, 0.5) is 0 Å². The first kappa shape index (κ1) is 17.7. The van der Waals surface area contributed by atoms with Gasteiger partial charge in [-0.15, -0.1) is 0 Å². The Morgan fingerprint density at radius 2 is 1.72 bits per heavy atom. The fraction of sp³-hybridized carbons (Fsp3) is 0.579. The highest BCUT2D eigenvalue weighted by Crippen LogP contribution is 2.29. The van der Waals surface area contributed by atoms with Crippen molar-refractivity contribution < 1.29 is 24.2 Å². The van der Waals surface area contributed by atoms with Crippen molar-refractivity contribution in [2.24, 2.45) is 0 Å². The highest BCUT2D eigenvalue weighted by Gasteiger charge is 2.41. The quantitative estimate of drug-likeness (QED) is 0.855. The molecule has 2 fully saturated rings. The average molecular weight is 347 g/mol. The van der Waals surface area contributed by atoms with E-state index < -0.39 is 11.5 Å². The summed E-state index contributed by atoms with van der Waals surface area (Å²) in [5.74, 6) is -0.573. The maximum absolute atomic E-state index is 12.5. The average Bonchev–Trinajstić information content (AvgIpc) is 2.64. The third kappa shape index (κ3) is 4.31. The number of benzene rings is 1. The molecular weight excluding hydrogens is 322 g/mol. The molecule has 6 heteroatoms. The highest BCUT2D eigenvalue weighted by atomic mass is 16.5. The number of hydrogen-bond acceptors (Lipinski definition) is 4. The lowest BCUT2D eigenvalue weighted by Crippen LogP contribution is -2.55. The summed E-state index contributed by atoms with van der Waals surface area (Å²) in [6.45, 7) is 1.42. The van der Waals surface area contributed by atoms with E-state index in [1.165, 1.54) is 0 Å². The zero-order chi connectivity index (χ0) is 17.7. The molecule has 0 radical (unpaired) electrons. The Hall–Kier alpha value is -2.08. The van der Waals surface area contributed by atoms with Gasteiger partial charge < -0.3 is 19.9 Å². The minimum Gasteiger partial charge on any atom is -0.490 e. The molecule has 0 spiro atoms. The molecule has 1 aromatic rings. The van der Waals surface area contributed by atoms with Gasteiger partial charge in [-0.25, -0.2) is 4.79 Å². The van der Waals surface area contributed by atoms with E-state index in [2.05, 4.69) is 5.32 Å². The van der Waals surface area contributed by atoms with E-state index in [1.807, 2.05) is 0 Å². The Labute approximate surface area is 147 Å². The Bertz CT molecular complexity index is 601. The lowest BCUT2D eigenvalue weighted by atomic mass is 9.81. The molecule has 1 heterocycles. The van der Waals surface area contributed by atoms with E-state index in [0.29, 0.717) is 37.4 Å². The second-order valence-corrected chi connectivity index (χ2v) is 6.86. The second kappa shape index (κ2) is 7.87. The molecule has 3 rings (SSSR count). The van der Waals surface area contributed by atoms with Crippen molar-refractivity contribution in [1.82, 2.24) is 5.32 Å². The monoisotopic (exact) mass is 347 g/mol. The minimum atomic E-state index is -1.13. The minimum absolute atomic E-state index is 0.144. The molecule has 0 bridgehead atoms. The Kier molecular flexibility index (Phi) is 5.58. The Morgan fingerprint density at radius 3 is 2.32 bits per heavy atom. The van der Waals surface area contributed by atoms with Gasteiger partial charge in [0, 0.05) is 18.4 Å². The normalized spacial score (nSPS) is 20.6. The molecular formula is C19H25NO5. The number of carboxylic acid groups (broad SMARTS) is 1. The first-order valence-electron chi connectivity index (χ1n) is 8.99. The lowest BCUT2D eigenvalue weighted by molar-refractivity contribution is -0.145. The fourth-order valence-electron chi connectivity index (χ4n) is 3.51. The van der Waals surface area contributed by atoms with Crippen LogP contribution in [0.5, 0.6) is 5.75 Å². The van der Waals surface area contributed by atoms with Crippen LogP contribution in [0, 0.1) is 0 Å². The number of hydrogen-bond donors (Lipinski definition) is 2. The summed E-state index contributed by atoms with van der Waals surface area (Å²) in [6, 6.07) is 6.89. The summed E-state index contributed by atoms with van der Waals surface area (Å²) in [7, 11) is 0. The van der Waals surface area contributed by atoms with Crippen LogP contribution in [-0.4, -0.2) is 41.8 Å². The first-order valence-corrected chi connectivity index (χ1v) is 8.99. The van der Waals surface area contributed by atoms with E-state index >= 15 is 0 Å². The third-order valence-corrected chi connectivity index (χ3v) is 5.06. The van der Waals surface area contributed by atoms with Gasteiger partial charge in [-0.2, -0.15) is 0 Å². The van der Waals surface area contributed by atoms with Gasteiger partial charge in [-0.3, -0.25) is 4.79 Å². The summed E-state index contributed by atoms with van der Waals surface area (Å²) in [5, 5.41) is 12.3. The van der Waals surface area contributed by atoms with Crippen molar-refractivity contribution >= 4 is 11.9 Å². The summed E-state index contributed by atoms with van der Waals surface area (Å²) in [4.78, 5) is 24.2. The van der Waals surface area contributed by atoms with Gasteiger partial charge in [0.1, 0.15) is 17.4 Å². The van der Waals surface area contributed by atoms with Crippen LogP contribution in [0.15, 0.2) is 24.3 Å². The Morgan fingerprint density at radius 1 is 1.08 bits per heavy atom. The second-order valence-electron chi connectivity index (χ2n) is 6.86. The highest BCUT2D eigenvalue weighted by molar-refractivity contribution is 5.98. The van der Waals surface area contributed by atoms with E-state index in [-0.39, 0.29) is 12.0 Å². The van der Waals surface area contributed by atoms with E-state index in [4.69, 9.17) is 9.47 Å². The van der Waals surface area contributed by atoms with Crippen LogP contribution < -0.4 is 10.1 Å². The van der Waals surface area contributed by atoms with Crippen molar-refractivity contribution in [1.29, 1.82) is 0 Å². The van der Waals surface area contributed by atoms with Gasteiger partial charge in [-0.1, -0.05) is 19.3 Å². The van der Waals surface area contributed by atoms with Crippen LogP contribution in [0.25, 0.3) is 0 Å². The molecule has 6 nitrogen and oxygen atoms in total. The SMILES string of the molecule is O=C(NC1(C(=O)O)CCCCC1)c1ccc(OC2CCOCC2)cc1. The number of aliphatic carboxylic acids is 1.